The van der Waals surface area contributed by atoms with Crippen LogP contribution in [0.2, 0.25) is 0 Å². The normalized spacial score (nSPS) is 31.2. The molecular formula is C18H30BNO4. The van der Waals surface area contributed by atoms with E-state index in [1.54, 1.807) is 0 Å². The lowest BCUT2D eigenvalue weighted by atomic mass is 9.73. The van der Waals surface area contributed by atoms with Gasteiger partial charge >= 0.3 is 13.2 Å². The molecule has 0 spiro atoms. The second-order valence-corrected chi connectivity index (χ2v) is 9.22. The van der Waals surface area contributed by atoms with E-state index in [9.17, 15) is 4.79 Å². The van der Waals surface area contributed by atoms with Gasteiger partial charge in [0.1, 0.15) is 5.60 Å². The van der Waals surface area contributed by atoms with Gasteiger partial charge in [-0.1, -0.05) is 6.08 Å². The Balaban J connectivity index is 1.75. The van der Waals surface area contributed by atoms with Gasteiger partial charge in [-0.05, 0) is 73.2 Å². The lowest BCUT2D eigenvalue weighted by Crippen LogP contribution is -2.47. The van der Waals surface area contributed by atoms with Crippen molar-refractivity contribution in [3.8, 4) is 0 Å². The minimum Gasteiger partial charge on any atom is -0.444 e. The first-order valence-corrected chi connectivity index (χ1v) is 8.97. The van der Waals surface area contributed by atoms with Crippen LogP contribution in [0.25, 0.3) is 0 Å². The van der Waals surface area contributed by atoms with Crippen LogP contribution < -0.4 is 0 Å². The Labute approximate surface area is 145 Å². The Morgan fingerprint density at radius 1 is 1.21 bits per heavy atom. The van der Waals surface area contributed by atoms with Crippen LogP contribution in [0.5, 0.6) is 0 Å². The number of carbonyl (C=O) groups is 1. The first-order valence-electron chi connectivity index (χ1n) is 8.97. The summed E-state index contributed by atoms with van der Waals surface area (Å²) in [5, 5.41) is 0. The zero-order valence-electron chi connectivity index (χ0n) is 16.0. The second kappa shape index (κ2) is 5.50. The van der Waals surface area contributed by atoms with Gasteiger partial charge in [-0.3, -0.25) is 4.90 Å². The molecule has 2 saturated heterocycles. The molecule has 0 unspecified atom stereocenters. The second-order valence-electron chi connectivity index (χ2n) is 9.22. The van der Waals surface area contributed by atoms with E-state index in [2.05, 4.69) is 33.8 Å². The molecule has 0 radical (unpaired) electrons. The average molecular weight is 335 g/mol. The number of amides is 1. The third-order valence-electron chi connectivity index (χ3n) is 5.58. The van der Waals surface area contributed by atoms with Gasteiger partial charge in [0.15, 0.2) is 0 Å². The number of hydrogen-bond acceptors (Lipinski definition) is 4. The van der Waals surface area contributed by atoms with E-state index in [1.165, 1.54) is 5.47 Å². The summed E-state index contributed by atoms with van der Waals surface area (Å²) in [4.78, 5) is 14.4. The quantitative estimate of drug-likeness (QED) is 0.685. The van der Waals surface area contributed by atoms with Crippen LogP contribution >= 0.6 is 0 Å². The number of nitrogens with zero attached hydrogens (tertiary/aromatic N) is 1. The third-order valence-corrected chi connectivity index (χ3v) is 5.58. The predicted molar refractivity (Wildman–Crippen MR) is 93.7 cm³/mol. The summed E-state index contributed by atoms with van der Waals surface area (Å²) in [5.74, 6) is 0. The molecule has 2 atom stereocenters. The van der Waals surface area contributed by atoms with Gasteiger partial charge in [0.2, 0.25) is 0 Å². The van der Waals surface area contributed by atoms with E-state index in [1.807, 2.05) is 25.7 Å². The lowest BCUT2D eigenvalue weighted by molar-refractivity contribution is 0.00578. The standard InChI is InChI=1S/C18H30BNO4/c1-16(2,3)22-15(21)20-13-8-9-14(20)11-12(10-13)19-23-17(4,5)18(6,7)24-19/h10,13-14H,8-9,11H2,1-7H3/t13-,14+/m0/s1. The SMILES string of the molecule is CC(C)(C)OC(=O)N1[C@@H]2CC[C@H]1C=C(B1OC(C)(C)C(C)(C)O1)C2. The van der Waals surface area contributed by atoms with Crippen LogP contribution in [0.4, 0.5) is 4.79 Å². The van der Waals surface area contributed by atoms with Gasteiger partial charge < -0.3 is 14.0 Å². The summed E-state index contributed by atoms with van der Waals surface area (Å²) in [6.07, 6.45) is 4.73. The highest BCUT2D eigenvalue weighted by Gasteiger charge is 2.54. The van der Waals surface area contributed by atoms with Gasteiger partial charge in [0.25, 0.3) is 0 Å². The lowest BCUT2D eigenvalue weighted by Gasteiger charge is -2.35. The van der Waals surface area contributed by atoms with Crippen molar-refractivity contribution in [3.05, 3.63) is 11.5 Å². The fourth-order valence-electron chi connectivity index (χ4n) is 3.63. The van der Waals surface area contributed by atoms with Crippen LogP contribution in [0, 0.1) is 0 Å². The maximum atomic E-state index is 12.5. The first-order chi connectivity index (χ1) is 10.9. The Hall–Kier alpha value is -1.01. The Kier molecular flexibility index (Phi) is 4.08. The molecule has 0 saturated carbocycles. The van der Waals surface area contributed by atoms with Gasteiger partial charge in [0, 0.05) is 6.04 Å². The summed E-state index contributed by atoms with van der Waals surface area (Å²) < 4.78 is 17.9. The summed E-state index contributed by atoms with van der Waals surface area (Å²) >= 11 is 0. The molecular weight excluding hydrogens is 305 g/mol. The highest BCUT2D eigenvalue weighted by Crippen LogP contribution is 2.43. The van der Waals surface area contributed by atoms with E-state index in [0.29, 0.717) is 0 Å². The number of carbonyl (C=O) groups excluding carboxylic acids is 1. The van der Waals surface area contributed by atoms with E-state index >= 15 is 0 Å². The molecule has 0 aliphatic carbocycles. The number of fused-ring (bicyclic) bond motifs is 2. The molecule has 3 aliphatic rings. The summed E-state index contributed by atoms with van der Waals surface area (Å²) in [6, 6.07) is 0.275. The van der Waals surface area contributed by atoms with Crippen molar-refractivity contribution in [2.45, 2.75) is 96.6 Å². The van der Waals surface area contributed by atoms with Gasteiger partial charge in [-0.25, -0.2) is 4.79 Å². The minimum atomic E-state index is -0.466. The zero-order valence-corrected chi connectivity index (χ0v) is 16.0. The smallest absolute Gasteiger partial charge is 0.444 e. The largest absolute Gasteiger partial charge is 0.490 e. The topological polar surface area (TPSA) is 48.0 Å². The van der Waals surface area contributed by atoms with Crippen molar-refractivity contribution in [1.29, 1.82) is 0 Å². The molecule has 3 heterocycles. The Morgan fingerprint density at radius 2 is 1.79 bits per heavy atom. The molecule has 1 amide bonds. The van der Waals surface area contributed by atoms with E-state index in [0.717, 1.165) is 19.3 Å². The predicted octanol–water partition coefficient (Wildman–Crippen LogP) is 3.72. The minimum absolute atomic E-state index is 0.0904. The van der Waals surface area contributed by atoms with Crippen molar-refractivity contribution in [2.24, 2.45) is 0 Å². The van der Waals surface area contributed by atoms with Crippen molar-refractivity contribution >= 4 is 13.2 Å². The van der Waals surface area contributed by atoms with Crippen molar-refractivity contribution in [1.82, 2.24) is 4.90 Å². The monoisotopic (exact) mass is 335 g/mol. The molecule has 0 aromatic rings. The number of hydrogen-bond donors (Lipinski definition) is 0. The molecule has 2 fully saturated rings. The van der Waals surface area contributed by atoms with Crippen LogP contribution in [0.1, 0.15) is 67.7 Å². The van der Waals surface area contributed by atoms with Crippen molar-refractivity contribution in [2.75, 3.05) is 0 Å². The first kappa shape index (κ1) is 17.8. The van der Waals surface area contributed by atoms with Crippen LogP contribution in [0.15, 0.2) is 11.5 Å². The van der Waals surface area contributed by atoms with E-state index in [-0.39, 0.29) is 36.5 Å². The molecule has 2 bridgehead atoms. The summed E-state index contributed by atoms with van der Waals surface area (Å²) in [7, 11) is -0.307. The number of ether oxygens (including phenoxy) is 1. The van der Waals surface area contributed by atoms with Gasteiger partial charge in [0.05, 0.1) is 17.2 Å². The molecule has 0 aromatic heterocycles. The van der Waals surface area contributed by atoms with Crippen LogP contribution in [-0.2, 0) is 14.0 Å². The third kappa shape index (κ3) is 3.10. The highest BCUT2D eigenvalue weighted by molar-refractivity contribution is 6.54. The summed E-state index contributed by atoms with van der Waals surface area (Å²) in [6.45, 7) is 14.0. The van der Waals surface area contributed by atoms with Crippen LogP contribution in [0.3, 0.4) is 0 Å². The molecule has 3 rings (SSSR count). The van der Waals surface area contributed by atoms with Gasteiger partial charge in [-0.2, -0.15) is 0 Å². The number of rotatable bonds is 1. The molecule has 0 aromatic carbocycles. The zero-order chi connectivity index (χ0) is 17.9. The van der Waals surface area contributed by atoms with E-state index < -0.39 is 5.60 Å². The molecule has 5 nitrogen and oxygen atoms in total. The highest BCUT2D eigenvalue weighted by atomic mass is 16.7. The molecule has 134 valence electrons. The summed E-state index contributed by atoms with van der Waals surface area (Å²) in [5.41, 5.74) is 0.0346. The molecule has 24 heavy (non-hydrogen) atoms. The molecule has 0 N–H and O–H groups in total. The fourth-order valence-corrected chi connectivity index (χ4v) is 3.63. The fraction of sp³-hybridized carbons (Fsp3) is 0.833. The molecule has 6 heteroatoms. The van der Waals surface area contributed by atoms with E-state index in [4.69, 9.17) is 14.0 Å². The maximum Gasteiger partial charge on any atom is 0.490 e. The molecule has 3 aliphatic heterocycles. The maximum absolute atomic E-state index is 12.5. The van der Waals surface area contributed by atoms with Gasteiger partial charge in [-0.15, -0.1) is 0 Å². The average Bonchev–Trinajstić information content (AvgIpc) is 2.78. The van der Waals surface area contributed by atoms with Crippen molar-refractivity contribution < 1.29 is 18.8 Å². The Bertz CT molecular complexity index is 548. The van der Waals surface area contributed by atoms with Crippen LogP contribution in [-0.4, -0.2) is 47.0 Å². The Morgan fingerprint density at radius 3 is 2.29 bits per heavy atom. The van der Waals surface area contributed by atoms with Crippen molar-refractivity contribution in [3.63, 3.8) is 0 Å².